The van der Waals surface area contributed by atoms with E-state index in [-0.39, 0.29) is 5.69 Å². The van der Waals surface area contributed by atoms with E-state index in [1.807, 2.05) is 24.3 Å². The number of carboxylic acid groups (broad SMARTS) is 1. The molecule has 0 fully saturated rings. The van der Waals surface area contributed by atoms with Gasteiger partial charge in [0.25, 0.3) is 0 Å². The van der Waals surface area contributed by atoms with Gasteiger partial charge in [-0.1, -0.05) is 6.07 Å². The van der Waals surface area contributed by atoms with Crippen molar-refractivity contribution in [2.24, 2.45) is 0 Å². The molecule has 0 aliphatic carbocycles. The summed E-state index contributed by atoms with van der Waals surface area (Å²) in [7, 11) is 1.60. The summed E-state index contributed by atoms with van der Waals surface area (Å²) in [4.78, 5) is 23.0. The number of hydrogen-bond donors (Lipinski definition) is 3. The number of aromatic nitrogens is 3. The largest absolute Gasteiger partial charge is 0.497 e. The Kier molecular flexibility index (Phi) is 3.46. The summed E-state index contributed by atoms with van der Waals surface area (Å²) in [6.45, 7) is 0. The summed E-state index contributed by atoms with van der Waals surface area (Å²) in [6.07, 6.45) is 3.33. The van der Waals surface area contributed by atoms with Gasteiger partial charge < -0.3 is 20.1 Å². The van der Waals surface area contributed by atoms with E-state index in [4.69, 9.17) is 4.74 Å². The highest BCUT2D eigenvalue weighted by molar-refractivity contribution is 6.11. The van der Waals surface area contributed by atoms with Crippen LogP contribution in [0.3, 0.4) is 0 Å². The fourth-order valence-electron chi connectivity index (χ4n) is 2.77. The highest BCUT2D eigenvalue weighted by Gasteiger charge is 2.15. The highest BCUT2D eigenvalue weighted by atomic mass is 16.5. The number of ether oxygens (including phenoxy) is 1. The predicted molar refractivity (Wildman–Crippen MR) is 94.6 cm³/mol. The lowest BCUT2D eigenvalue weighted by molar-refractivity contribution is 0.0691. The molecule has 0 atom stereocenters. The van der Waals surface area contributed by atoms with Crippen LogP contribution in [0.1, 0.15) is 10.5 Å². The minimum atomic E-state index is -1.03. The summed E-state index contributed by atoms with van der Waals surface area (Å²) >= 11 is 0. The molecular formula is C18H14N4O3. The molecular weight excluding hydrogens is 320 g/mol. The third-order valence-electron chi connectivity index (χ3n) is 3.94. The van der Waals surface area contributed by atoms with Crippen LogP contribution in [0, 0.1) is 0 Å². The SMILES string of the molecule is COc1cccc(Nc2nc3ccncc3c3cc(C(=O)O)[nH]c23)c1. The molecule has 0 unspecified atom stereocenters. The van der Waals surface area contributed by atoms with E-state index >= 15 is 0 Å². The van der Waals surface area contributed by atoms with E-state index in [9.17, 15) is 9.90 Å². The van der Waals surface area contributed by atoms with Crippen LogP contribution in [0.25, 0.3) is 21.8 Å². The zero-order chi connectivity index (χ0) is 17.4. The van der Waals surface area contributed by atoms with Crippen LogP contribution in [-0.2, 0) is 0 Å². The molecule has 0 amide bonds. The number of methoxy groups -OCH3 is 1. The standard InChI is InChI=1S/C18H14N4O3/c1-25-11-4-2-3-10(7-11)20-17-16-12(8-15(21-16)18(23)24)13-9-19-6-5-14(13)22-17/h2-9,21H,1H3,(H,20,22)(H,23,24). The normalized spacial score (nSPS) is 10.9. The number of hydrogen-bond acceptors (Lipinski definition) is 5. The van der Waals surface area contributed by atoms with Crippen molar-refractivity contribution in [2.75, 3.05) is 12.4 Å². The van der Waals surface area contributed by atoms with E-state index < -0.39 is 5.97 Å². The minimum absolute atomic E-state index is 0.0989. The molecule has 7 nitrogen and oxygen atoms in total. The van der Waals surface area contributed by atoms with Gasteiger partial charge in [-0.25, -0.2) is 9.78 Å². The van der Waals surface area contributed by atoms with Crippen molar-refractivity contribution in [1.29, 1.82) is 0 Å². The Hall–Kier alpha value is -3.61. The van der Waals surface area contributed by atoms with Gasteiger partial charge in [0.05, 0.1) is 18.1 Å². The van der Waals surface area contributed by atoms with Crippen molar-refractivity contribution >= 4 is 39.3 Å². The number of anilines is 2. The van der Waals surface area contributed by atoms with Gasteiger partial charge in [-0.3, -0.25) is 4.98 Å². The lowest BCUT2D eigenvalue weighted by Crippen LogP contribution is -1.98. The van der Waals surface area contributed by atoms with Gasteiger partial charge in [-0.05, 0) is 24.3 Å². The van der Waals surface area contributed by atoms with E-state index in [1.165, 1.54) is 0 Å². The smallest absolute Gasteiger partial charge is 0.352 e. The van der Waals surface area contributed by atoms with Gasteiger partial charge in [0.1, 0.15) is 11.4 Å². The van der Waals surface area contributed by atoms with Crippen molar-refractivity contribution in [3.05, 3.63) is 54.5 Å². The van der Waals surface area contributed by atoms with E-state index in [2.05, 4.69) is 20.3 Å². The summed E-state index contributed by atoms with van der Waals surface area (Å²) in [6, 6.07) is 10.8. The molecule has 1 aromatic carbocycles. The second-order valence-corrected chi connectivity index (χ2v) is 5.49. The molecule has 25 heavy (non-hydrogen) atoms. The maximum atomic E-state index is 11.4. The van der Waals surface area contributed by atoms with Crippen LogP contribution >= 0.6 is 0 Å². The fraction of sp³-hybridized carbons (Fsp3) is 0.0556. The summed E-state index contributed by atoms with van der Waals surface area (Å²) in [5, 5.41) is 14.1. The molecule has 3 N–H and O–H groups in total. The molecule has 0 bridgehead atoms. The van der Waals surface area contributed by atoms with Crippen molar-refractivity contribution < 1.29 is 14.6 Å². The number of carbonyl (C=O) groups is 1. The summed E-state index contributed by atoms with van der Waals surface area (Å²) in [5.41, 5.74) is 2.22. The second kappa shape index (κ2) is 5.79. The van der Waals surface area contributed by atoms with Crippen molar-refractivity contribution in [3.8, 4) is 5.75 Å². The van der Waals surface area contributed by atoms with Crippen LogP contribution in [0.4, 0.5) is 11.5 Å². The van der Waals surface area contributed by atoms with Crippen molar-refractivity contribution in [2.45, 2.75) is 0 Å². The number of carboxylic acids is 1. The van der Waals surface area contributed by atoms with Gasteiger partial charge in [0.15, 0.2) is 5.82 Å². The third-order valence-corrected chi connectivity index (χ3v) is 3.94. The molecule has 4 rings (SSSR count). The topological polar surface area (TPSA) is 100 Å². The molecule has 0 saturated carbocycles. The summed E-state index contributed by atoms with van der Waals surface area (Å²) in [5.74, 6) is 0.221. The molecule has 7 heteroatoms. The van der Waals surface area contributed by atoms with E-state index in [1.54, 1.807) is 31.6 Å². The van der Waals surface area contributed by atoms with Crippen LogP contribution < -0.4 is 10.1 Å². The monoisotopic (exact) mass is 334 g/mol. The van der Waals surface area contributed by atoms with Gasteiger partial charge in [0.2, 0.25) is 0 Å². The Morgan fingerprint density at radius 1 is 1.24 bits per heavy atom. The van der Waals surface area contributed by atoms with E-state index in [0.29, 0.717) is 17.1 Å². The number of aromatic carboxylic acids is 1. The molecule has 0 aliphatic rings. The molecule has 0 radical (unpaired) electrons. The first-order chi connectivity index (χ1) is 12.2. The molecule has 0 saturated heterocycles. The zero-order valence-electron chi connectivity index (χ0n) is 13.3. The molecule has 3 aromatic heterocycles. The Bertz CT molecular complexity index is 1100. The maximum absolute atomic E-state index is 11.4. The van der Waals surface area contributed by atoms with Crippen LogP contribution in [0.5, 0.6) is 5.75 Å². The number of nitrogens with one attached hydrogen (secondary N) is 2. The predicted octanol–water partition coefficient (Wildman–Crippen LogP) is 3.56. The first kappa shape index (κ1) is 14.9. The molecule has 0 aliphatic heterocycles. The number of H-pyrrole nitrogens is 1. The van der Waals surface area contributed by atoms with Crippen molar-refractivity contribution in [3.63, 3.8) is 0 Å². The van der Waals surface area contributed by atoms with Gasteiger partial charge >= 0.3 is 5.97 Å². The molecule has 3 heterocycles. The first-order valence-electron chi connectivity index (χ1n) is 7.56. The van der Waals surface area contributed by atoms with Crippen LogP contribution in [-0.4, -0.2) is 33.1 Å². The average Bonchev–Trinajstić information content (AvgIpc) is 3.08. The molecule has 124 valence electrons. The fourth-order valence-corrected chi connectivity index (χ4v) is 2.77. The second-order valence-electron chi connectivity index (χ2n) is 5.49. The molecule has 0 spiro atoms. The quantitative estimate of drug-likeness (QED) is 0.527. The maximum Gasteiger partial charge on any atom is 0.352 e. The Labute approximate surface area is 142 Å². The van der Waals surface area contributed by atoms with Gasteiger partial charge in [0, 0.05) is 34.9 Å². The number of fused-ring (bicyclic) bond motifs is 3. The van der Waals surface area contributed by atoms with Gasteiger partial charge in [-0.15, -0.1) is 0 Å². The van der Waals surface area contributed by atoms with Crippen LogP contribution in [0.15, 0.2) is 48.8 Å². The van der Waals surface area contributed by atoms with E-state index in [0.717, 1.165) is 22.0 Å². The van der Waals surface area contributed by atoms with Crippen LogP contribution in [0.2, 0.25) is 0 Å². The number of aromatic amines is 1. The lowest BCUT2D eigenvalue weighted by atomic mass is 10.1. The number of benzene rings is 1. The highest BCUT2D eigenvalue weighted by Crippen LogP contribution is 2.31. The first-order valence-corrected chi connectivity index (χ1v) is 7.56. The lowest BCUT2D eigenvalue weighted by Gasteiger charge is -2.10. The third kappa shape index (κ3) is 2.61. The average molecular weight is 334 g/mol. The Morgan fingerprint density at radius 3 is 2.92 bits per heavy atom. The van der Waals surface area contributed by atoms with Crippen molar-refractivity contribution in [1.82, 2.24) is 15.0 Å². The number of rotatable bonds is 4. The Morgan fingerprint density at radius 2 is 2.12 bits per heavy atom. The molecule has 4 aromatic rings. The Balaban J connectivity index is 1.92. The van der Waals surface area contributed by atoms with Gasteiger partial charge in [-0.2, -0.15) is 0 Å². The number of nitrogens with zero attached hydrogens (tertiary/aromatic N) is 2. The number of pyridine rings is 2. The summed E-state index contributed by atoms with van der Waals surface area (Å²) < 4.78 is 5.23. The zero-order valence-corrected chi connectivity index (χ0v) is 13.3. The minimum Gasteiger partial charge on any atom is -0.497 e.